The Morgan fingerprint density at radius 2 is 1.92 bits per heavy atom. The van der Waals surface area contributed by atoms with Gasteiger partial charge in [0.25, 0.3) is 0 Å². The molecule has 0 amide bonds. The van der Waals surface area contributed by atoms with Gasteiger partial charge in [0.15, 0.2) is 0 Å². The zero-order valence-electron chi connectivity index (χ0n) is 8.50. The highest BCUT2D eigenvalue weighted by molar-refractivity contribution is 5.13. The fraction of sp³-hybridized carbons (Fsp3) is 0.833. The lowest BCUT2D eigenvalue weighted by Gasteiger charge is -2.03. The molecule has 74 valence electrons. The first kappa shape index (κ1) is 9.26. The van der Waals surface area contributed by atoms with Crippen LogP contribution in [0.1, 0.15) is 45.4 Å². The molecule has 2 rings (SSSR count). The van der Waals surface area contributed by atoms with Crippen molar-refractivity contribution in [1.82, 2.24) is 0 Å². The SMILES string of the molecule is CCCC=C1CC2CC(O)CC2C1. The van der Waals surface area contributed by atoms with Crippen LogP contribution in [0, 0.1) is 11.8 Å². The first-order valence-corrected chi connectivity index (χ1v) is 5.65. The van der Waals surface area contributed by atoms with E-state index < -0.39 is 0 Å². The molecule has 1 N–H and O–H groups in total. The highest BCUT2D eigenvalue weighted by Crippen LogP contribution is 2.46. The molecule has 0 spiro atoms. The van der Waals surface area contributed by atoms with Gasteiger partial charge >= 0.3 is 0 Å². The van der Waals surface area contributed by atoms with Crippen molar-refractivity contribution in [3.05, 3.63) is 11.6 Å². The lowest BCUT2D eigenvalue weighted by atomic mass is 10.0. The third-order valence-electron chi connectivity index (χ3n) is 3.59. The van der Waals surface area contributed by atoms with Crippen molar-refractivity contribution in [1.29, 1.82) is 0 Å². The van der Waals surface area contributed by atoms with Gasteiger partial charge in [0.2, 0.25) is 0 Å². The van der Waals surface area contributed by atoms with Crippen molar-refractivity contribution in [2.75, 3.05) is 0 Å². The molecule has 1 heteroatoms. The fourth-order valence-corrected chi connectivity index (χ4v) is 2.95. The number of allylic oxidation sites excluding steroid dienone is 2. The van der Waals surface area contributed by atoms with E-state index in [-0.39, 0.29) is 6.10 Å². The van der Waals surface area contributed by atoms with Crippen LogP contribution in [0.3, 0.4) is 0 Å². The minimum atomic E-state index is 0.0164. The van der Waals surface area contributed by atoms with E-state index in [1.807, 2.05) is 0 Å². The summed E-state index contributed by atoms with van der Waals surface area (Å²) >= 11 is 0. The molecular weight excluding hydrogens is 160 g/mol. The molecule has 0 saturated heterocycles. The van der Waals surface area contributed by atoms with Crippen molar-refractivity contribution in [3.8, 4) is 0 Å². The van der Waals surface area contributed by atoms with Gasteiger partial charge < -0.3 is 5.11 Å². The summed E-state index contributed by atoms with van der Waals surface area (Å²) in [4.78, 5) is 0. The molecule has 0 aromatic carbocycles. The lowest BCUT2D eigenvalue weighted by molar-refractivity contribution is 0.174. The minimum absolute atomic E-state index is 0.0164. The Bertz CT molecular complexity index is 191. The Hall–Kier alpha value is -0.300. The maximum absolute atomic E-state index is 9.48. The Morgan fingerprint density at radius 1 is 1.31 bits per heavy atom. The molecule has 2 saturated carbocycles. The fourth-order valence-electron chi connectivity index (χ4n) is 2.95. The molecule has 0 aromatic rings. The van der Waals surface area contributed by atoms with E-state index in [2.05, 4.69) is 13.0 Å². The number of hydrogen-bond donors (Lipinski definition) is 1. The number of unbranched alkanes of at least 4 members (excludes halogenated alkanes) is 1. The average molecular weight is 180 g/mol. The number of aliphatic hydroxyl groups is 1. The van der Waals surface area contributed by atoms with Gasteiger partial charge in [-0.25, -0.2) is 0 Å². The summed E-state index contributed by atoms with van der Waals surface area (Å²) < 4.78 is 0. The van der Waals surface area contributed by atoms with Crippen LogP contribution in [-0.2, 0) is 0 Å². The predicted octanol–water partition coefficient (Wildman–Crippen LogP) is 2.89. The molecule has 13 heavy (non-hydrogen) atoms. The van der Waals surface area contributed by atoms with E-state index in [9.17, 15) is 5.11 Å². The maximum Gasteiger partial charge on any atom is 0.0546 e. The van der Waals surface area contributed by atoms with Crippen LogP contribution < -0.4 is 0 Å². The Balaban J connectivity index is 1.90. The zero-order chi connectivity index (χ0) is 9.26. The Kier molecular flexibility index (Phi) is 2.73. The summed E-state index contributed by atoms with van der Waals surface area (Å²) in [5.41, 5.74) is 1.67. The van der Waals surface area contributed by atoms with Crippen LogP contribution >= 0.6 is 0 Å². The minimum Gasteiger partial charge on any atom is -0.393 e. The molecule has 2 atom stereocenters. The first-order valence-electron chi connectivity index (χ1n) is 5.65. The smallest absolute Gasteiger partial charge is 0.0546 e. The molecule has 2 aliphatic carbocycles. The molecule has 0 aromatic heterocycles. The van der Waals surface area contributed by atoms with Crippen LogP contribution in [0.15, 0.2) is 11.6 Å². The quantitative estimate of drug-likeness (QED) is 0.648. The van der Waals surface area contributed by atoms with Crippen molar-refractivity contribution >= 4 is 0 Å². The number of fused-ring (bicyclic) bond motifs is 1. The predicted molar refractivity (Wildman–Crippen MR) is 54.4 cm³/mol. The van der Waals surface area contributed by atoms with Crippen LogP contribution in [0.5, 0.6) is 0 Å². The highest BCUT2D eigenvalue weighted by atomic mass is 16.3. The number of hydrogen-bond acceptors (Lipinski definition) is 1. The van der Waals surface area contributed by atoms with Gasteiger partial charge in [0.05, 0.1) is 6.10 Å². The summed E-state index contributed by atoms with van der Waals surface area (Å²) in [6.07, 6.45) is 9.65. The normalized spacial score (nSPS) is 38.0. The maximum atomic E-state index is 9.48. The van der Waals surface area contributed by atoms with E-state index in [0.717, 1.165) is 24.7 Å². The molecule has 0 aliphatic heterocycles. The summed E-state index contributed by atoms with van der Waals surface area (Å²) in [5.74, 6) is 1.64. The molecule has 2 unspecified atom stereocenters. The monoisotopic (exact) mass is 180 g/mol. The molecule has 0 bridgehead atoms. The highest BCUT2D eigenvalue weighted by Gasteiger charge is 2.38. The van der Waals surface area contributed by atoms with Gasteiger partial charge in [-0.2, -0.15) is 0 Å². The second-order valence-corrected chi connectivity index (χ2v) is 4.70. The van der Waals surface area contributed by atoms with Crippen molar-refractivity contribution < 1.29 is 5.11 Å². The molecule has 0 heterocycles. The van der Waals surface area contributed by atoms with E-state index in [4.69, 9.17) is 0 Å². The first-order chi connectivity index (χ1) is 6.29. The van der Waals surface area contributed by atoms with E-state index >= 15 is 0 Å². The summed E-state index contributed by atoms with van der Waals surface area (Å²) in [6.45, 7) is 2.23. The van der Waals surface area contributed by atoms with Crippen molar-refractivity contribution in [3.63, 3.8) is 0 Å². The topological polar surface area (TPSA) is 20.2 Å². The van der Waals surface area contributed by atoms with Crippen molar-refractivity contribution in [2.45, 2.75) is 51.6 Å². The molecule has 1 nitrogen and oxygen atoms in total. The standard InChI is InChI=1S/C12H20O/c1-2-3-4-9-5-10-7-12(13)8-11(10)6-9/h4,10-13H,2-3,5-8H2,1H3. The van der Waals surface area contributed by atoms with Gasteiger partial charge in [0, 0.05) is 0 Å². The third kappa shape index (κ3) is 1.96. The molecule has 0 radical (unpaired) electrons. The zero-order valence-corrected chi connectivity index (χ0v) is 8.50. The van der Waals surface area contributed by atoms with Crippen LogP contribution in [-0.4, -0.2) is 11.2 Å². The average Bonchev–Trinajstić information content (AvgIpc) is 2.57. The van der Waals surface area contributed by atoms with Gasteiger partial charge in [-0.15, -0.1) is 0 Å². The summed E-state index contributed by atoms with van der Waals surface area (Å²) in [6, 6.07) is 0. The van der Waals surface area contributed by atoms with E-state index in [1.54, 1.807) is 5.57 Å². The van der Waals surface area contributed by atoms with Crippen LogP contribution in [0.2, 0.25) is 0 Å². The molecule has 2 fully saturated rings. The van der Waals surface area contributed by atoms with Crippen LogP contribution in [0.25, 0.3) is 0 Å². The lowest BCUT2D eigenvalue weighted by Crippen LogP contribution is -2.00. The van der Waals surface area contributed by atoms with E-state index in [1.165, 1.54) is 25.7 Å². The van der Waals surface area contributed by atoms with Crippen molar-refractivity contribution in [2.24, 2.45) is 11.8 Å². The van der Waals surface area contributed by atoms with Gasteiger partial charge in [0.1, 0.15) is 0 Å². The van der Waals surface area contributed by atoms with Gasteiger partial charge in [-0.05, 0) is 43.9 Å². The Morgan fingerprint density at radius 3 is 2.46 bits per heavy atom. The Labute approximate surface area is 80.8 Å². The summed E-state index contributed by atoms with van der Waals surface area (Å²) in [7, 11) is 0. The third-order valence-corrected chi connectivity index (χ3v) is 3.59. The van der Waals surface area contributed by atoms with Gasteiger partial charge in [-0.1, -0.05) is 25.0 Å². The second kappa shape index (κ2) is 3.83. The number of rotatable bonds is 2. The summed E-state index contributed by atoms with van der Waals surface area (Å²) in [5, 5.41) is 9.48. The van der Waals surface area contributed by atoms with E-state index in [0.29, 0.717) is 0 Å². The van der Waals surface area contributed by atoms with Crippen LogP contribution in [0.4, 0.5) is 0 Å². The van der Waals surface area contributed by atoms with Gasteiger partial charge in [-0.3, -0.25) is 0 Å². The molecular formula is C12H20O. The second-order valence-electron chi connectivity index (χ2n) is 4.70. The largest absolute Gasteiger partial charge is 0.393 e. The molecule has 2 aliphatic rings. The number of aliphatic hydroxyl groups excluding tert-OH is 1.